The van der Waals surface area contributed by atoms with Gasteiger partial charge in [0.1, 0.15) is 11.6 Å². The number of nitrogens with zero attached hydrogens (tertiary/aromatic N) is 3. The summed E-state index contributed by atoms with van der Waals surface area (Å²) >= 11 is 0. The number of ether oxygens (including phenoxy) is 1. The predicted molar refractivity (Wildman–Crippen MR) is 105 cm³/mol. The number of anilines is 1. The zero-order chi connectivity index (χ0) is 19.7. The van der Waals surface area contributed by atoms with Gasteiger partial charge in [-0.2, -0.15) is 0 Å². The van der Waals surface area contributed by atoms with E-state index in [-0.39, 0.29) is 17.9 Å². The maximum absolute atomic E-state index is 14.3. The maximum Gasteiger partial charge on any atom is 0.262 e. The van der Waals surface area contributed by atoms with Gasteiger partial charge in [-0.3, -0.25) is 14.3 Å². The summed E-state index contributed by atoms with van der Waals surface area (Å²) in [6.45, 7) is 4.97. The monoisotopic (exact) mass is 380 g/mol. The molecule has 0 bridgehead atoms. The van der Waals surface area contributed by atoms with Gasteiger partial charge in [0.25, 0.3) is 5.56 Å². The number of hydrogen-bond acceptors (Lipinski definition) is 5. The van der Waals surface area contributed by atoms with Gasteiger partial charge >= 0.3 is 0 Å². The Bertz CT molecular complexity index is 1090. The van der Waals surface area contributed by atoms with Gasteiger partial charge in [-0.25, -0.2) is 9.37 Å². The SMILES string of the molecule is CCn1c(NCc2c(F)ccc3c2CCO3)ncc(-c2cccnc2C)c1=O. The summed E-state index contributed by atoms with van der Waals surface area (Å²) in [5.41, 5.74) is 3.31. The van der Waals surface area contributed by atoms with Crippen molar-refractivity contribution in [2.75, 3.05) is 11.9 Å². The van der Waals surface area contributed by atoms with Gasteiger partial charge in [0.15, 0.2) is 0 Å². The van der Waals surface area contributed by atoms with Crippen LogP contribution in [0, 0.1) is 12.7 Å². The molecule has 0 saturated heterocycles. The molecule has 0 spiro atoms. The Morgan fingerprint density at radius 1 is 1.25 bits per heavy atom. The lowest BCUT2D eigenvalue weighted by atomic mass is 10.0. The second-order valence-corrected chi connectivity index (χ2v) is 6.64. The van der Waals surface area contributed by atoms with Crippen molar-refractivity contribution in [3.63, 3.8) is 0 Å². The average molecular weight is 380 g/mol. The minimum Gasteiger partial charge on any atom is -0.493 e. The van der Waals surface area contributed by atoms with Crippen LogP contribution in [0.2, 0.25) is 0 Å². The molecular formula is C21H21FN4O2. The van der Waals surface area contributed by atoms with Crippen molar-refractivity contribution in [2.45, 2.75) is 33.4 Å². The van der Waals surface area contributed by atoms with Gasteiger partial charge in [0.05, 0.1) is 12.2 Å². The molecule has 0 unspecified atom stereocenters. The molecule has 0 amide bonds. The van der Waals surface area contributed by atoms with Crippen molar-refractivity contribution < 1.29 is 9.13 Å². The largest absolute Gasteiger partial charge is 0.493 e. The number of hydrogen-bond donors (Lipinski definition) is 1. The molecule has 4 rings (SSSR count). The standard InChI is InChI=1S/C21H21FN4O2/c1-3-26-20(27)17(14-5-4-9-23-13(14)2)12-25-21(26)24-11-16-15-8-10-28-19(15)7-6-18(16)22/h4-7,9,12H,3,8,10-11H2,1-2H3,(H,24,25). The number of pyridine rings is 1. The second-order valence-electron chi connectivity index (χ2n) is 6.64. The van der Waals surface area contributed by atoms with E-state index in [0.29, 0.717) is 36.6 Å². The molecule has 3 heterocycles. The molecule has 144 valence electrons. The van der Waals surface area contributed by atoms with Gasteiger partial charge < -0.3 is 10.1 Å². The average Bonchev–Trinajstić information content (AvgIpc) is 3.17. The van der Waals surface area contributed by atoms with Crippen molar-refractivity contribution in [3.05, 3.63) is 69.7 Å². The van der Waals surface area contributed by atoms with Crippen LogP contribution >= 0.6 is 0 Å². The van der Waals surface area contributed by atoms with Crippen molar-refractivity contribution in [1.29, 1.82) is 0 Å². The summed E-state index contributed by atoms with van der Waals surface area (Å²) in [6.07, 6.45) is 3.92. The summed E-state index contributed by atoms with van der Waals surface area (Å²) in [7, 11) is 0. The topological polar surface area (TPSA) is 69.0 Å². The molecule has 1 N–H and O–H groups in total. The van der Waals surface area contributed by atoms with Gasteiger partial charge in [-0.05, 0) is 32.0 Å². The lowest BCUT2D eigenvalue weighted by molar-refractivity contribution is 0.356. The van der Waals surface area contributed by atoms with Crippen molar-refractivity contribution in [2.24, 2.45) is 0 Å². The minimum absolute atomic E-state index is 0.154. The molecule has 1 aromatic carbocycles. The first-order valence-corrected chi connectivity index (χ1v) is 9.29. The van der Waals surface area contributed by atoms with Gasteiger partial charge in [0.2, 0.25) is 5.95 Å². The van der Waals surface area contributed by atoms with E-state index in [0.717, 1.165) is 22.6 Å². The highest BCUT2D eigenvalue weighted by molar-refractivity contribution is 5.64. The molecule has 1 aliphatic rings. The Morgan fingerprint density at radius 3 is 2.89 bits per heavy atom. The van der Waals surface area contributed by atoms with Crippen LogP contribution in [-0.4, -0.2) is 21.1 Å². The van der Waals surface area contributed by atoms with Crippen molar-refractivity contribution >= 4 is 5.95 Å². The summed E-state index contributed by atoms with van der Waals surface area (Å²) in [6, 6.07) is 6.73. The van der Waals surface area contributed by atoms with Gasteiger partial charge in [-0.15, -0.1) is 0 Å². The lowest BCUT2D eigenvalue weighted by Crippen LogP contribution is -2.26. The van der Waals surface area contributed by atoms with E-state index in [2.05, 4.69) is 15.3 Å². The molecule has 0 radical (unpaired) electrons. The number of aromatic nitrogens is 3. The summed E-state index contributed by atoms with van der Waals surface area (Å²) in [4.78, 5) is 21.7. The molecule has 7 heteroatoms. The van der Waals surface area contributed by atoms with Crippen LogP contribution in [0.15, 0.2) is 41.5 Å². The van der Waals surface area contributed by atoms with Crippen LogP contribution in [0.1, 0.15) is 23.7 Å². The quantitative estimate of drug-likeness (QED) is 0.735. The molecule has 2 aromatic heterocycles. The second kappa shape index (κ2) is 7.42. The maximum atomic E-state index is 14.3. The highest BCUT2D eigenvalue weighted by atomic mass is 19.1. The zero-order valence-electron chi connectivity index (χ0n) is 15.8. The van der Waals surface area contributed by atoms with Crippen LogP contribution < -0.4 is 15.6 Å². The summed E-state index contributed by atoms with van der Waals surface area (Å²) in [5, 5.41) is 3.13. The third-order valence-electron chi connectivity index (χ3n) is 5.02. The minimum atomic E-state index is -0.287. The number of benzene rings is 1. The van der Waals surface area contributed by atoms with Gasteiger partial charge in [-0.1, -0.05) is 6.07 Å². The Kier molecular flexibility index (Phi) is 4.81. The zero-order valence-corrected chi connectivity index (χ0v) is 15.8. The number of nitrogens with one attached hydrogen (secondary N) is 1. The van der Waals surface area contributed by atoms with Crippen LogP contribution in [0.5, 0.6) is 5.75 Å². The summed E-state index contributed by atoms with van der Waals surface area (Å²) < 4.78 is 21.4. The number of halogens is 1. The third-order valence-corrected chi connectivity index (χ3v) is 5.02. The van der Waals surface area contributed by atoms with Gasteiger partial charge in [0, 0.05) is 54.3 Å². The fraction of sp³-hybridized carbons (Fsp3) is 0.286. The molecule has 0 saturated carbocycles. The normalized spacial score (nSPS) is 12.5. The lowest BCUT2D eigenvalue weighted by Gasteiger charge is -2.15. The predicted octanol–water partition coefficient (Wildman–Crippen LogP) is 3.32. The molecule has 3 aromatic rings. The molecule has 1 aliphatic heterocycles. The highest BCUT2D eigenvalue weighted by Gasteiger charge is 2.20. The van der Waals surface area contributed by atoms with Crippen LogP contribution in [0.25, 0.3) is 11.1 Å². The number of aryl methyl sites for hydroxylation is 1. The molecule has 6 nitrogen and oxygen atoms in total. The first kappa shape index (κ1) is 18.2. The van der Waals surface area contributed by atoms with E-state index in [1.54, 1.807) is 29.1 Å². The van der Waals surface area contributed by atoms with Crippen LogP contribution in [0.3, 0.4) is 0 Å². The van der Waals surface area contributed by atoms with Crippen molar-refractivity contribution in [1.82, 2.24) is 14.5 Å². The Morgan fingerprint density at radius 2 is 2.11 bits per heavy atom. The van der Waals surface area contributed by atoms with Crippen LogP contribution in [-0.2, 0) is 19.5 Å². The van der Waals surface area contributed by atoms with E-state index >= 15 is 0 Å². The Balaban J connectivity index is 1.67. The van der Waals surface area contributed by atoms with Crippen molar-refractivity contribution in [3.8, 4) is 16.9 Å². The third kappa shape index (κ3) is 3.13. The summed E-state index contributed by atoms with van der Waals surface area (Å²) in [5.74, 6) is 0.847. The molecule has 0 atom stereocenters. The molecule has 0 fully saturated rings. The van der Waals surface area contributed by atoms with E-state index in [4.69, 9.17) is 4.74 Å². The smallest absolute Gasteiger partial charge is 0.262 e. The van der Waals surface area contributed by atoms with E-state index in [1.165, 1.54) is 6.07 Å². The first-order valence-electron chi connectivity index (χ1n) is 9.29. The number of fused-ring (bicyclic) bond motifs is 1. The Hall–Kier alpha value is -3.22. The fourth-order valence-corrected chi connectivity index (χ4v) is 3.55. The first-order chi connectivity index (χ1) is 13.6. The molecule has 28 heavy (non-hydrogen) atoms. The highest BCUT2D eigenvalue weighted by Crippen LogP contribution is 2.30. The number of rotatable bonds is 5. The molecular weight excluding hydrogens is 359 g/mol. The Labute approximate surface area is 162 Å². The molecule has 0 aliphatic carbocycles. The van der Waals surface area contributed by atoms with E-state index < -0.39 is 0 Å². The van der Waals surface area contributed by atoms with E-state index in [1.807, 2.05) is 19.9 Å². The van der Waals surface area contributed by atoms with E-state index in [9.17, 15) is 9.18 Å². The fourth-order valence-electron chi connectivity index (χ4n) is 3.55. The van der Waals surface area contributed by atoms with Crippen LogP contribution in [0.4, 0.5) is 10.3 Å².